The van der Waals surface area contributed by atoms with Crippen molar-refractivity contribution < 1.29 is 27.9 Å². The summed E-state index contributed by atoms with van der Waals surface area (Å²) >= 11 is 0. The van der Waals surface area contributed by atoms with Gasteiger partial charge in [0, 0.05) is 41.0 Å². The average Bonchev–Trinajstić information content (AvgIpc) is 3.73. The number of ether oxygens (including phenoxy) is 1. The lowest BCUT2D eigenvalue weighted by atomic mass is 10.0. The van der Waals surface area contributed by atoms with Crippen molar-refractivity contribution >= 4 is 29.0 Å². The molecular formula is C24H26FN7O4. The summed E-state index contributed by atoms with van der Waals surface area (Å²) in [4.78, 5) is 33.4. The number of hydrogen-bond acceptors (Lipinski definition) is 9. The maximum Gasteiger partial charge on any atom is 0.273 e. The fourth-order valence-electron chi connectivity index (χ4n) is 3.35. The van der Waals surface area contributed by atoms with Crippen molar-refractivity contribution in [3.63, 3.8) is 0 Å². The zero-order valence-electron chi connectivity index (χ0n) is 22.5. The van der Waals surface area contributed by atoms with Crippen molar-refractivity contribution in [2.45, 2.75) is 25.4 Å². The second kappa shape index (κ2) is 10.2. The summed E-state index contributed by atoms with van der Waals surface area (Å²) in [5.41, 5.74) is -1.09. The Bertz CT molecular complexity index is 1380. The summed E-state index contributed by atoms with van der Waals surface area (Å²) in [5.74, 6) is -0.835. The zero-order chi connectivity index (χ0) is 28.4. The average molecular weight is 499 g/mol. The maximum absolute atomic E-state index is 13.2. The molecule has 4 rings (SSSR count). The summed E-state index contributed by atoms with van der Waals surface area (Å²) < 4.78 is 40.8. The minimum atomic E-state index is -2.78. The molecule has 1 saturated carbocycles. The summed E-state index contributed by atoms with van der Waals surface area (Å²) in [6.07, 6.45) is 4.14. The Hall–Kier alpha value is -4.19. The van der Waals surface area contributed by atoms with E-state index in [4.69, 9.17) is 8.85 Å². The molecule has 12 heteroatoms. The Morgan fingerprint density at radius 3 is 2.64 bits per heavy atom. The predicted molar refractivity (Wildman–Crippen MR) is 130 cm³/mol. The van der Waals surface area contributed by atoms with E-state index < -0.39 is 25.2 Å². The van der Waals surface area contributed by atoms with E-state index in [1.54, 1.807) is 18.2 Å². The molecule has 11 nitrogen and oxygen atoms in total. The third-order valence-electron chi connectivity index (χ3n) is 5.59. The van der Waals surface area contributed by atoms with Crippen LogP contribution in [0.1, 0.15) is 39.9 Å². The highest BCUT2D eigenvalue weighted by Gasteiger charge is 2.30. The van der Waals surface area contributed by atoms with Crippen molar-refractivity contribution in [3.8, 4) is 17.1 Å². The van der Waals surface area contributed by atoms with Gasteiger partial charge in [-0.15, -0.1) is 10.2 Å². The number of anilines is 3. The number of alkyl halides is 1. The van der Waals surface area contributed by atoms with E-state index in [0.717, 1.165) is 12.8 Å². The highest BCUT2D eigenvalue weighted by molar-refractivity contribution is 6.00. The Kier molecular flexibility index (Phi) is 5.98. The van der Waals surface area contributed by atoms with Gasteiger partial charge in [0.15, 0.2) is 23.1 Å². The molecule has 1 fully saturated rings. The van der Waals surface area contributed by atoms with Crippen LogP contribution in [0, 0.1) is 5.92 Å². The summed E-state index contributed by atoms with van der Waals surface area (Å²) in [7, 11) is 1.40. The number of para-hydroxylation sites is 1. The Balaban J connectivity index is 1.71. The second-order valence-electron chi connectivity index (χ2n) is 8.42. The Labute approximate surface area is 210 Å². The molecule has 0 bridgehead atoms. The van der Waals surface area contributed by atoms with Gasteiger partial charge < -0.3 is 25.8 Å². The van der Waals surface area contributed by atoms with E-state index >= 15 is 0 Å². The first-order chi connectivity index (χ1) is 18.4. The number of aromatic nitrogens is 4. The number of carbonyl (C=O) groups is 2. The highest BCUT2D eigenvalue weighted by atomic mass is 19.1. The van der Waals surface area contributed by atoms with E-state index in [2.05, 4.69) is 30.8 Å². The van der Waals surface area contributed by atoms with Gasteiger partial charge >= 0.3 is 0 Å². The second-order valence-corrected chi connectivity index (χ2v) is 8.42. The van der Waals surface area contributed by atoms with Crippen molar-refractivity contribution in [1.82, 2.24) is 25.5 Å². The number of rotatable bonds is 9. The van der Waals surface area contributed by atoms with E-state index in [9.17, 15) is 19.1 Å². The number of amides is 2. The van der Waals surface area contributed by atoms with E-state index in [1.165, 1.54) is 32.5 Å². The Morgan fingerprint density at radius 2 is 2.00 bits per heavy atom. The predicted octanol–water partition coefficient (Wildman–Crippen LogP) is 2.57. The van der Waals surface area contributed by atoms with Gasteiger partial charge in [-0.25, -0.2) is 14.4 Å². The lowest BCUT2D eigenvalue weighted by molar-refractivity contribution is -0.117. The Morgan fingerprint density at radius 1 is 1.25 bits per heavy atom. The van der Waals surface area contributed by atoms with Gasteiger partial charge in [0.25, 0.3) is 5.91 Å². The topological polar surface area (TPSA) is 151 Å². The summed E-state index contributed by atoms with van der Waals surface area (Å²) in [6.45, 7) is -2.48. The molecule has 1 aliphatic carbocycles. The molecule has 0 radical (unpaired) electrons. The van der Waals surface area contributed by atoms with Crippen LogP contribution in [0.15, 0.2) is 36.7 Å². The number of carbonyl (C=O) groups excluding carboxylic acids is 2. The standard InChI is InChI=1S/C24H26FN7O4/c1-24(35,12-25)14-10-27-21(28-11-14)15-5-4-6-16(20(15)36-3)29-17-9-18(30-22(33)13-7-8-13)31-32-19(17)23(34)26-2/h4-6,9-11,13,35H,7-8,12H2,1-3H3,(H,26,34)(H2,29,30,31,33)/i2D3. The van der Waals surface area contributed by atoms with Gasteiger partial charge in [0.1, 0.15) is 12.3 Å². The molecule has 36 heavy (non-hydrogen) atoms. The van der Waals surface area contributed by atoms with Crippen molar-refractivity contribution in [1.29, 1.82) is 0 Å². The van der Waals surface area contributed by atoms with Crippen molar-refractivity contribution in [3.05, 3.63) is 47.9 Å². The van der Waals surface area contributed by atoms with E-state index in [0.29, 0.717) is 11.3 Å². The third-order valence-corrected chi connectivity index (χ3v) is 5.59. The summed E-state index contributed by atoms with van der Waals surface area (Å²) in [5, 5.41) is 25.4. The SMILES string of the molecule is [2H]C([2H])([2H])NC(=O)c1nnc(NC(=O)C2CC2)cc1Nc1cccc(-c2ncc(C(C)(O)CF)cn2)c1OC. The number of nitrogens with one attached hydrogen (secondary N) is 3. The lowest BCUT2D eigenvalue weighted by Crippen LogP contribution is -2.24. The number of aliphatic hydroxyl groups is 1. The molecule has 0 aliphatic heterocycles. The molecule has 0 saturated heterocycles. The highest BCUT2D eigenvalue weighted by Crippen LogP contribution is 2.37. The van der Waals surface area contributed by atoms with E-state index in [1.807, 2.05) is 5.32 Å². The molecule has 4 N–H and O–H groups in total. The quantitative estimate of drug-likeness (QED) is 0.349. The van der Waals surface area contributed by atoms with E-state index in [-0.39, 0.29) is 46.2 Å². The van der Waals surface area contributed by atoms with Gasteiger partial charge in [-0.2, -0.15) is 0 Å². The fourth-order valence-corrected chi connectivity index (χ4v) is 3.35. The smallest absolute Gasteiger partial charge is 0.273 e. The van der Waals surface area contributed by atoms with Gasteiger partial charge in [-0.05, 0) is 31.9 Å². The van der Waals surface area contributed by atoms with Crippen LogP contribution in [0.5, 0.6) is 5.75 Å². The van der Waals surface area contributed by atoms with Crippen LogP contribution in [0.3, 0.4) is 0 Å². The van der Waals surface area contributed by atoms with Gasteiger partial charge in [0.2, 0.25) is 5.91 Å². The largest absolute Gasteiger partial charge is 0.494 e. The molecular weight excluding hydrogens is 469 g/mol. The van der Waals surface area contributed by atoms with Crippen LogP contribution in [0.4, 0.5) is 21.6 Å². The number of nitrogens with zero attached hydrogens (tertiary/aromatic N) is 4. The van der Waals surface area contributed by atoms with Crippen LogP contribution in [0.25, 0.3) is 11.4 Å². The molecule has 2 amide bonds. The fraction of sp³-hybridized carbons (Fsp3) is 0.333. The van der Waals surface area contributed by atoms with Crippen LogP contribution in [-0.4, -0.2) is 57.8 Å². The maximum atomic E-state index is 13.2. The number of benzene rings is 1. The first-order valence-electron chi connectivity index (χ1n) is 12.5. The molecule has 0 spiro atoms. The third kappa shape index (κ3) is 5.23. The normalized spacial score (nSPS) is 16.1. The molecule has 2 aromatic heterocycles. The lowest BCUT2D eigenvalue weighted by Gasteiger charge is -2.19. The van der Waals surface area contributed by atoms with Gasteiger partial charge in [-0.3, -0.25) is 9.59 Å². The van der Waals surface area contributed by atoms with Gasteiger partial charge in [0.05, 0.1) is 24.0 Å². The number of halogens is 1. The molecule has 2 heterocycles. The zero-order valence-corrected chi connectivity index (χ0v) is 19.5. The molecule has 1 unspecified atom stereocenters. The summed E-state index contributed by atoms with van der Waals surface area (Å²) in [6, 6.07) is 6.31. The van der Waals surface area contributed by atoms with Gasteiger partial charge in [-0.1, -0.05) is 6.07 Å². The number of hydrogen-bond donors (Lipinski definition) is 4. The molecule has 1 aliphatic rings. The van der Waals surface area contributed by atoms with Crippen molar-refractivity contribution in [2.75, 3.05) is 31.4 Å². The molecule has 3 aromatic rings. The first-order valence-corrected chi connectivity index (χ1v) is 11.0. The first kappa shape index (κ1) is 21.1. The van der Waals surface area contributed by atoms with Crippen LogP contribution < -0.4 is 20.7 Å². The minimum Gasteiger partial charge on any atom is -0.494 e. The molecule has 1 aromatic carbocycles. The monoisotopic (exact) mass is 498 g/mol. The minimum absolute atomic E-state index is 0.0450. The number of methoxy groups -OCH3 is 1. The van der Waals surface area contributed by atoms with Crippen LogP contribution >= 0.6 is 0 Å². The molecule has 1 atom stereocenters. The molecule has 188 valence electrons. The van der Waals surface area contributed by atoms with Crippen LogP contribution in [0.2, 0.25) is 0 Å². The van der Waals surface area contributed by atoms with Crippen LogP contribution in [-0.2, 0) is 10.4 Å². The van der Waals surface area contributed by atoms with Crippen molar-refractivity contribution in [2.24, 2.45) is 5.92 Å².